The van der Waals surface area contributed by atoms with Crippen LogP contribution in [0.3, 0.4) is 0 Å². The van der Waals surface area contributed by atoms with Crippen molar-refractivity contribution < 1.29 is 17.9 Å². The largest absolute Gasteiger partial charge is 0.484 e. The standard InChI is InChI=1S/C11H16N2O4S/c1-18(15,16)10-4-2-9(3-5-10)17-8-11(14)13-7-6-12/h2-5H,6-8,12H2,1H3,(H,13,14). The number of nitrogens with one attached hydrogen (secondary N) is 1. The minimum absolute atomic E-state index is 0.127. The molecule has 6 nitrogen and oxygen atoms in total. The van der Waals surface area contributed by atoms with E-state index in [4.69, 9.17) is 10.5 Å². The number of carbonyl (C=O) groups is 1. The van der Waals surface area contributed by atoms with E-state index in [1.807, 2.05) is 0 Å². The van der Waals surface area contributed by atoms with Crippen LogP contribution >= 0.6 is 0 Å². The molecule has 0 atom stereocenters. The molecule has 0 aromatic heterocycles. The molecular formula is C11H16N2O4S. The fraction of sp³-hybridized carbons (Fsp3) is 0.364. The van der Waals surface area contributed by atoms with E-state index < -0.39 is 9.84 Å². The van der Waals surface area contributed by atoms with Gasteiger partial charge in [0.15, 0.2) is 16.4 Å². The smallest absolute Gasteiger partial charge is 0.257 e. The molecule has 0 aliphatic rings. The zero-order chi connectivity index (χ0) is 13.6. The molecule has 0 bridgehead atoms. The lowest BCUT2D eigenvalue weighted by atomic mass is 10.3. The number of rotatable bonds is 6. The van der Waals surface area contributed by atoms with Gasteiger partial charge in [0.2, 0.25) is 0 Å². The Morgan fingerprint density at radius 1 is 1.33 bits per heavy atom. The number of ether oxygens (including phenoxy) is 1. The molecule has 0 aliphatic carbocycles. The normalized spacial score (nSPS) is 11.0. The van der Waals surface area contributed by atoms with E-state index in [1.165, 1.54) is 24.3 Å². The molecule has 0 radical (unpaired) electrons. The van der Waals surface area contributed by atoms with E-state index in [9.17, 15) is 13.2 Å². The molecule has 0 saturated carbocycles. The van der Waals surface area contributed by atoms with E-state index in [2.05, 4.69) is 5.32 Å². The van der Waals surface area contributed by atoms with Gasteiger partial charge in [0.1, 0.15) is 5.75 Å². The summed E-state index contributed by atoms with van der Waals surface area (Å²) in [5, 5.41) is 2.55. The van der Waals surface area contributed by atoms with Crippen molar-refractivity contribution in [1.29, 1.82) is 0 Å². The Bertz CT molecular complexity index is 496. The highest BCUT2D eigenvalue weighted by Crippen LogP contribution is 2.15. The first-order valence-corrected chi connectivity index (χ1v) is 7.22. The number of hydrogen-bond donors (Lipinski definition) is 2. The Hall–Kier alpha value is -1.60. The van der Waals surface area contributed by atoms with Crippen LogP contribution in [0.1, 0.15) is 0 Å². The Morgan fingerprint density at radius 2 is 1.94 bits per heavy atom. The fourth-order valence-electron chi connectivity index (χ4n) is 1.19. The van der Waals surface area contributed by atoms with Crippen LogP contribution in [0.25, 0.3) is 0 Å². The summed E-state index contributed by atoms with van der Waals surface area (Å²) in [6.45, 7) is 0.641. The van der Waals surface area contributed by atoms with Crippen molar-refractivity contribution >= 4 is 15.7 Å². The maximum absolute atomic E-state index is 11.2. The molecule has 0 spiro atoms. The Morgan fingerprint density at radius 3 is 2.44 bits per heavy atom. The number of nitrogens with two attached hydrogens (primary N) is 1. The van der Waals surface area contributed by atoms with Crippen LogP contribution in [0, 0.1) is 0 Å². The molecule has 3 N–H and O–H groups in total. The SMILES string of the molecule is CS(=O)(=O)c1ccc(OCC(=O)NCCN)cc1. The number of amides is 1. The van der Waals surface area contributed by atoms with Gasteiger partial charge < -0.3 is 15.8 Å². The van der Waals surface area contributed by atoms with Crippen LogP contribution in [-0.4, -0.2) is 40.3 Å². The molecule has 1 amide bonds. The first-order chi connectivity index (χ1) is 8.43. The zero-order valence-electron chi connectivity index (χ0n) is 10.0. The Kier molecular flexibility index (Phi) is 5.11. The van der Waals surface area contributed by atoms with Crippen LogP contribution in [0.15, 0.2) is 29.2 Å². The van der Waals surface area contributed by atoms with Gasteiger partial charge in [-0.2, -0.15) is 0 Å². The minimum Gasteiger partial charge on any atom is -0.484 e. The third-order valence-electron chi connectivity index (χ3n) is 2.09. The van der Waals surface area contributed by atoms with Crippen LogP contribution in [0.5, 0.6) is 5.75 Å². The molecule has 0 fully saturated rings. The van der Waals surface area contributed by atoms with E-state index in [1.54, 1.807) is 0 Å². The van der Waals surface area contributed by atoms with Crippen molar-refractivity contribution in [2.24, 2.45) is 5.73 Å². The van der Waals surface area contributed by atoms with E-state index in [0.717, 1.165) is 6.26 Å². The van der Waals surface area contributed by atoms with Gasteiger partial charge in [0, 0.05) is 19.3 Å². The third-order valence-corrected chi connectivity index (χ3v) is 3.22. The zero-order valence-corrected chi connectivity index (χ0v) is 10.9. The average Bonchev–Trinajstić information content (AvgIpc) is 2.33. The number of benzene rings is 1. The molecule has 0 saturated heterocycles. The van der Waals surface area contributed by atoms with Crippen LogP contribution in [-0.2, 0) is 14.6 Å². The number of carbonyl (C=O) groups excluding carboxylic acids is 1. The number of sulfone groups is 1. The quantitative estimate of drug-likeness (QED) is 0.730. The molecule has 1 rings (SSSR count). The molecule has 0 aliphatic heterocycles. The highest BCUT2D eigenvalue weighted by Gasteiger charge is 2.07. The molecule has 1 aromatic rings. The second kappa shape index (κ2) is 6.36. The summed E-state index contributed by atoms with van der Waals surface area (Å²) in [7, 11) is -3.21. The highest BCUT2D eigenvalue weighted by molar-refractivity contribution is 7.90. The van der Waals surface area contributed by atoms with Gasteiger partial charge in [-0.15, -0.1) is 0 Å². The summed E-state index contributed by atoms with van der Waals surface area (Å²) in [6, 6.07) is 5.88. The summed E-state index contributed by atoms with van der Waals surface area (Å²) in [4.78, 5) is 11.4. The van der Waals surface area contributed by atoms with E-state index in [-0.39, 0.29) is 17.4 Å². The lowest BCUT2D eigenvalue weighted by Crippen LogP contribution is -2.32. The molecular weight excluding hydrogens is 256 g/mol. The molecule has 100 valence electrons. The fourth-order valence-corrected chi connectivity index (χ4v) is 1.83. The highest BCUT2D eigenvalue weighted by atomic mass is 32.2. The predicted molar refractivity (Wildman–Crippen MR) is 67.1 cm³/mol. The monoisotopic (exact) mass is 272 g/mol. The van der Waals surface area contributed by atoms with Crippen molar-refractivity contribution in [3.8, 4) is 5.75 Å². The molecule has 0 heterocycles. The Labute approximate surface area is 106 Å². The minimum atomic E-state index is -3.21. The first-order valence-electron chi connectivity index (χ1n) is 5.33. The van der Waals surface area contributed by atoms with Gasteiger partial charge in [-0.25, -0.2) is 8.42 Å². The predicted octanol–water partition coefficient (Wildman–Crippen LogP) is -0.456. The van der Waals surface area contributed by atoms with Gasteiger partial charge in [-0.3, -0.25) is 4.79 Å². The molecule has 0 unspecified atom stereocenters. The van der Waals surface area contributed by atoms with Crippen molar-refractivity contribution in [3.05, 3.63) is 24.3 Å². The van der Waals surface area contributed by atoms with Gasteiger partial charge in [-0.1, -0.05) is 0 Å². The maximum Gasteiger partial charge on any atom is 0.257 e. The topological polar surface area (TPSA) is 98.5 Å². The maximum atomic E-state index is 11.2. The summed E-state index contributed by atoms with van der Waals surface area (Å²) in [5.74, 6) is 0.165. The lowest BCUT2D eigenvalue weighted by molar-refractivity contribution is -0.123. The van der Waals surface area contributed by atoms with E-state index in [0.29, 0.717) is 18.8 Å². The van der Waals surface area contributed by atoms with Gasteiger partial charge in [0.25, 0.3) is 5.91 Å². The number of hydrogen-bond acceptors (Lipinski definition) is 5. The Balaban J connectivity index is 2.52. The van der Waals surface area contributed by atoms with Gasteiger partial charge >= 0.3 is 0 Å². The molecule has 7 heteroatoms. The van der Waals surface area contributed by atoms with Crippen molar-refractivity contribution in [2.75, 3.05) is 26.0 Å². The average molecular weight is 272 g/mol. The van der Waals surface area contributed by atoms with Gasteiger partial charge in [-0.05, 0) is 24.3 Å². The van der Waals surface area contributed by atoms with E-state index >= 15 is 0 Å². The molecule has 1 aromatic carbocycles. The summed E-state index contributed by atoms with van der Waals surface area (Å²) < 4.78 is 27.6. The van der Waals surface area contributed by atoms with Crippen LogP contribution in [0.2, 0.25) is 0 Å². The third kappa shape index (κ3) is 4.72. The van der Waals surface area contributed by atoms with Crippen molar-refractivity contribution in [3.63, 3.8) is 0 Å². The second-order valence-electron chi connectivity index (χ2n) is 3.67. The van der Waals surface area contributed by atoms with Crippen molar-refractivity contribution in [2.45, 2.75) is 4.90 Å². The van der Waals surface area contributed by atoms with Gasteiger partial charge in [0.05, 0.1) is 4.90 Å². The summed E-state index contributed by atoms with van der Waals surface area (Å²) in [6.07, 6.45) is 1.13. The summed E-state index contributed by atoms with van der Waals surface area (Å²) in [5.41, 5.74) is 5.23. The lowest BCUT2D eigenvalue weighted by Gasteiger charge is -2.07. The van der Waals surface area contributed by atoms with Crippen LogP contribution in [0.4, 0.5) is 0 Å². The first kappa shape index (κ1) is 14.5. The van der Waals surface area contributed by atoms with Crippen LogP contribution < -0.4 is 15.8 Å². The summed E-state index contributed by atoms with van der Waals surface area (Å²) >= 11 is 0. The second-order valence-corrected chi connectivity index (χ2v) is 5.69. The van der Waals surface area contributed by atoms with Crippen molar-refractivity contribution in [1.82, 2.24) is 5.32 Å². The molecule has 18 heavy (non-hydrogen) atoms.